The van der Waals surface area contributed by atoms with Crippen LogP contribution in [0.2, 0.25) is 0 Å². The molecule has 0 unspecified atom stereocenters. The Morgan fingerprint density at radius 2 is 2.20 bits per heavy atom. The maximum absolute atomic E-state index is 11.2. The van der Waals surface area contributed by atoms with Crippen molar-refractivity contribution in [1.82, 2.24) is 20.3 Å². The van der Waals surface area contributed by atoms with Gasteiger partial charge in [-0.2, -0.15) is 0 Å². The second-order valence-corrected chi connectivity index (χ2v) is 4.22. The van der Waals surface area contributed by atoms with Crippen LogP contribution in [0.3, 0.4) is 0 Å². The molecular formula is C9H13N5O. The second-order valence-electron chi connectivity index (χ2n) is 4.22. The van der Waals surface area contributed by atoms with Crippen LogP contribution in [-0.2, 0) is 0 Å². The van der Waals surface area contributed by atoms with E-state index in [2.05, 4.69) is 15.6 Å². The maximum atomic E-state index is 11.2. The lowest BCUT2D eigenvalue weighted by Crippen LogP contribution is -2.42. The summed E-state index contributed by atoms with van der Waals surface area (Å²) in [6.45, 7) is 1.78. The summed E-state index contributed by atoms with van der Waals surface area (Å²) in [5, 5.41) is 11.1. The number of aromatic nitrogens is 3. The van der Waals surface area contributed by atoms with Gasteiger partial charge in [0.25, 0.3) is 5.91 Å². The van der Waals surface area contributed by atoms with E-state index >= 15 is 0 Å². The molecule has 0 spiro atoms. The molecule has 0 bridgehead atoms. The van der Waals surface area contributed by atoms with Crippen LogP contribution in [-0.4, -0.2) is 34.0 Å². The summed E-state index contributed by atoms with van der Waals surface area (Å²) >= 11 is 0. The van der Waals surface area contributed by atoms with E-state index in [1.165, 1.54) is 0 Å². The van der Waals surface area contributed by atoms with Gasteiger partial charge >= 0.3 is 0 Å². The van der Waals surface area contributed by atoms with E-state index in [-0.39, 0.29) is 0 Å². The first kappa shape index (κ1) is 8.84. The van der Waals surface area contributed by atoms with Crippen LogP contribution < -0.4 is 11.1 Å². The SMILES string of the molecule is NC(=O)c1nnn(C2CC2)c1C1CNC1. The van der Waals surface area contributed by atoms with Crippen molar-refractivity contribution in [1.29, 1.82) is 0 Å². The van der Waals surface area contributed by atoms with E-state index < -0.39 is 5.91 Å². The van der Waals surface area contributed by atoms with Crippen LogP contribution in [0, 0.1) is 0 Å². The molecule has 6 heteroatoms. The summed E-state index contributed by atoms with van der Waals surface area (Å²) in [5.41, 5.74) is 6.58. The predicted octanol–water partition coefficient (Wildman–Crippen LogP) is -0.601. The van der Waals surface area contributed by atoms with Crippen LogP contribution in [0.5, 0.6) is 0 Å². The fourth-order valence-corrected chi connectivity index (χ4v) is 1.93. The van der Waals surface area contributed by atoms with Gasteiger partial charge in [0.15, 0.2) is 5.69 Å². The van der Waals surface area contributed by atoms with Crippen LogP contribution in [0.15, 0.2) is 0 Å². The average molecular weight is 207 g/mol. The molecule has 15 heavy (non-hydrogen) atoms. The molecule has 1 aliphatic carbocycles. The number of primary amides is 1. The zero-order valence-corrected chi connectivity index (χ0v) is 8.31. The van der Waals surface area contributed by atoms with Gasteiger partial charge in [-0.15, -0.1) is 5.10 Å². The zero-order valence-electron chi connectivity index (χ0n) is 8.31. The third kappa shape index (κ3) is 1.32. The first-order chi connectivity index (χ1) is 7.27. The molecule has 80 valence electrons. The van der Waals surface area contributed by atoms with E-state index in [4.69, 9.17) is 5.73 Å². The third-order valence-electron chi connectivity index (χ3n) is 3.02. The minimum Gasteiger partial charge on any atom is -0.364 e. The Balaban J connectivity index is 2.03. The first-order valence-corrected chi connectivity index (χ1v) is 5.23. The molecule has 1 aromatic heterocycles. The van der Waals surface area contributed by atoms with Crippen molar-refractivity contribution in [3.8, 4) is 0 Å². The molecular weight excluding hydrogens is 194 g/mol. The molecule has 1 saturated carbocycles. The number of nitrogens with one attached hydrogen (secondary N) is 1. The Kier molecular flexibility index (Phi) is 1.79. The first-order valence-electron chi connectivity index (χ1n) is 5.23. The Hall–Kier alpha value is -1.43. The molecule has 1 saturated heterocycles. The fourth-order valence-electron chi connectivity index (χ4n) is 1.93. The highest BCUT2D eigenvalue weighted by atomic mass is 16.1. The Morgan fingerprint density at radius 1 is 1.47 bits per heavy atom. The van der Waals surface area contributed by atoms with Crippen molar-refractivity contribution in [3.63, 3.8) is 0 Å². The molecule has 2 heterocycles. The van der Waals surface area contributed by atoms with Crippen molar-refractivity contribution in [3.05, 3.63) is 11.4 Å². The molecule has 2 fully saturated rings. The lowest BCUT2D eigenvalue weighted by Gasteiger charge is -2.27. The maximum Gasteiger partial charge on any atom is 0.271 e. The summed E-state index contributed by atoms with van der Waals surface area (Å²) in [6, 6.07) is 0.446. The summed E-state index contributed by atoms with van der Waals surface area (Å²) < 4.78 is 1.89. The quantitative estimate of drug-likeness (QED) is 0.693. The Labute approximate surface area is 86.8 Å². The normalized spacial score (nSPS) is 21.3. The number of nitrogens with two attached hydrogens (primary N) is 1. The standard InChI is InChI=1S/C9H13N5O/c10-9(15)7-8(5-3-11-4-5)14(13-12-7)6-1-2-6/h5-6,11H,1-4H2,(H2,10,15). The molecule has 1 aromatic rings. The molecule has 0 radical (unpaired) electrons. The summed E-state index contributed by atoms with van der Waals surface area (Å²) in [6.07, 6.45) is 2.27. The fraction of sp³-hybridized carbons (Fsp3) is 0.667. The van der Waals surface area contributed by atoms with E-state index in [1.807, 2.05) is 4.68 Å². The van der Waals surface area contributed by atoms with Gasteiger partial charge in [-0.25, -0.2) is 4.68 Å². The van der Waals surface area contributed by atoms with Crippen molar-refractivity contribution in [2.45, 2.75) is 24.8 Å². The number of carbonyl (C=O) groups excluding carboxylic acids is 1. The number of amides is 1. The molecule has 6 nitrogen and oxygen atoms in total. The summed E-state index contributed by atoms with van der Waals surface area (Å²) in [7, 11) is 0. The molecule has 2 aliphatic rings. The van der Waals surface area contributed by atoms with Gasteiger partial charge in [0, 0.05) is 19.0 Å². The van der Waals surface area contributed by atoms with E-state index in [1.54, 1.807) is 0 Å². The number of nitrogens with zero attached hydrogens (tertiary/aromatic N) is 3. The van der Waals surface area contributed by atoms with Gasteiger partial charge in [0.05, 0.1) is 11.7 Å². The number of carbonyl (C=O) groups is 1. The van der Waals surface area contributed by atoms with Crippen LogP contribution in [0.25, 0.3) is 0 Å². The Bertz CT molecular complexity index is 405. The van der Waals surface area contributed by atoms with Gasteiger partial charge < -0.3 is 11.1 Å². The lowest BCUT2D eigenvalue weighted by atomic mass is 9.97. The van der Waals surface area contributed by atoms with E-state index in [9.17, 15) is 4.79 Å². The van der Waals surface area contributed by atoms with Crippen LogP contribution in [0.1, 0.15) is 41.0 Å². The summed E-state index contributed by atoms with van der Waals surface area (Å²) in [5.74, 6) is -0.119. The van der Waals surface area contributed by atoms with Gasteiger partial charge in [0.1, 0.15) is 0 Å². The van der Waals surface area contributed by atoms with Crippen molar-refractivity contribution in [2.24, 2.45) is 5.73 Å². The van der Waals surface area contributed by atoms with Crippen LogP contribution >= 0.6 is 0 Å². The second kappa shape index (κ2) is 3.03. The van der Waals surface area contributed by atoms with Gasteiger partial charge in [0.2, 0.25) is 0 Å². The number of rotatable bonds is 3. The largest absolute Gasteiger partial charge is 0.364 e. The number of hydrogen-bond acceptors (Lipinski definition) is 4. The van der Waals surface area contributed by atoms with Crippen molar-refractivity contribution < 1.29 is 4.79 Å². The summed E-state index contributed by atoms with van der Waals surface area (Å²) in [4.78, 5) is 11.2. The highest BCUT2D eigenvalue weighted by Gasteiger charge is 2.35. The highest BCUT2D eigenvalue weighted by Crippen LogP contribution is 2.37. The minimum atomic E-state index is -0.469. The van der Waals surface area contributed by atoms with Crippen molar-refractivity contribution in [2.75, 3.05) is 13.1 Å². The predicted molar refractivity (Wildman–Crippen MR) is 52.4 cm³/mol. The third-order valence-corrected chi connectivity index (χ3v) is 3.02. The highest BCUT2D eigenvalue weighted by molar-refractivity contribution is 5.92. The van der Waals surface area contributed by atoms with E-state index in [0.717, 1.165) is 31.6 Å². The lowest BCUT2D eigenvalue weighted by molar-refractivity contribution is 0.0993. The molecule has 3 N–H and O–H groups in total. The zero-order chi connectivity index (χ0) is 10.4. The average Bonchev–Trinajstić information content (AvgIpc) is 2.85. The Morgan fingerprint density at radius 3 is 2.67 bits per heavy atom. The smallest absolute Gasteiger partial charge is 0.271 e. The van der Waals surface area contributed by atoms with E-state index in [0.29, 0.717) is 17.7 Å². The minimum absolute atomic E-state index is 0.350. The monoisotopic (exact) mass is 207 g/mol. The number of hydrogen-bond donors (Lipinski definition) is 2. The van der Waals surface area contributed by atoms with Crippen LogP contribution in [0.4, 0.5) is 0 Å². The molecule has 0 atom stereocenters. The molecule has 0 aromatic carbocycles. The van der Waals surface area contributed by atoms with Gasteiger partial charge in [-0.3, -0.25) is 4.79 Å². The van der Waals surface area contributed by atoms with Crippen molar-refractivity contribution >= 4 is 5.91 Å². The molecule has 3 rings (SSSR count). The van der Waals surface area contributed by atoms with Gasteiger partial charge in [-0.05, 0) is 12.8 Å². The topological polar surface area (TPSA) is 85.8 Å². The molecule has 1 aliphatic heterocycles. The van der Waals surface area contributed by atoms with Gasteiger partial charge in [-0.1, -0.05) is 5.21 Å². The molecule has 1 amide bonds.